The fourth-order valence-electron chi connectivity index (χ4n) is 4.12. The summed E-state index contributed by atoms with van der Waals surface area (Å²) in [5.41, 5.74) is 5.21. The molecule has 4 aromatic rings. The van der Waals surface area contributed by atoms with E-state index in [-0.39, 0.29) is 18.4 Å². The molecule has 1 aliphatic rings. The second kappa shape index (κ2) is 9.34. The van der Waals surface area contributed by atoms with Crippen LogP contribution >= 0.6 is 11.3 Å². The number of hydrogen-bond acceptors (Lipinski definition) is 8. The zero-order valence-corrected chi connectivity index (χ0v) is 20.5. The highest BCUT2D eigenvalue weighted by Crippen LogP contribution is 2.27. The van der Waals surface area contributed by atoms with Crippen LogP contribution in [0.4, 0.5) is 10.9 Å². The van der Waals surface area contributed by atoms with Gasteiger partial charge in [-0.05, 0) is 38.5 Å². The fourth-order valence-corrected chi connectivity index (χ4v) is 4.84. The maximum Gasteiger partial charge on any atom is 0.261 e. The summed E-state index contributed by atoms with van der Waals surface area (Å²) in [6.45, 7) is 6.17. The third-order valence-electron chi connectivity index (χ3n) is 5.95. The van der Waals surface area contributed by atoms with E-state index in [0.29, 0.717) is 40.7 Å². The lowest BCUT2D eigenvalue weighted by Crippen LogP contribution is -2.31. The van der Waals surface area contributed by atoms with Crippen LogP contribution in [0.3, 0.4) is 0 Å². The summed E-state index contributed by atoms with van der Waals surface area (Å²) in [5.74, 6) is 0.855. The molecule has 8 nitrogen and oxygen atoms in total. The van der Waals surface area contributed by atoms with E-state index in [2.05, 4.69) is 56.7 Å². The van der Waals surface area contributed by atoms with Crippen LogP contribution in [0.5, 0.6) is 0 Å². The van der Waals surface area contributed by atoms with Gasteiger partial charge in [0, 0.05) is 30.6 Å². The predicted molar refractivity (Wildman–Crippen MR) is 134 cm³/mol. The molecule has 0 unspecified atom stereocenters. The first-order chi connectivity index (χ1) is 16.9. The van der Waals surface area contributed by atoms with Crippen molar-refractivity contribution in [2.75, 3.05) is 11.9 Å². The topological polar surface area (TPSA) is 101 Å². The molecule has 176 valence electrons. The molecule has 0 spiro atoms. The second-order valence-corrected chi connectivity index (χ2v) is 9.59. The number of nitrogens with one attached hydrogen (secondary N) is 1. The smallest absolute Gasteiger partial charge is 0.261 e. The SMILES string of the molecule is Cc1ccc(Cc2c(C)nc(C)nc2Nc2nnc(CCN3C(=O)c4ccccc4C3=O)s2)cc1. The van der Waals surface area contributed by atoms with Crippen LogP contribution in [0.25, 0.3) is 0 Å². The summed E-state index contributed by atoms with van der Waals surface area (Å²) in [4.78, 5) is 35.6. The maximum atomic E-state index is 12.6. The Morgan fingerprint density at radius 3 is 2.26 bits per heavy atom. The van der Waals surface area contributed by atoms with Crippen LogP contribution in [-0.4, -0.2) is 43.4 Å². The van der Waals surface area contributed by atoms with Crippen molar-refractivity contribution in [2.24, 2.45) is 0 Å². The van der Waals surface area contributed by atoms with E-state index in [0.717, 1.165) is 16.3 Å². The Bertz CT molecular complexity index is 1400. The quantitative estimate of drug-likeness (QED) is 0.387. The number of hydrogen-bond donors (Lipinski definition) is 1. The lowest BCUT2D eigenvalue weighted by atomic mass is 10.0. The first kappa shape index (κ1) is 22.8. The molecule has 0 atom stereocenters. The molecule has 5 rings (SSSR count). The highest BCUT2D eigenvalue weighted by Gasteiger charge is 2.34. The predicted octanol–water partition coefficient (Wildman–Crippen LogP) is 4.43. The number of carbonyl (C=O) groups excluding carboxylic acids is 2. The van der Waals surface area contributed by atoms with Gasteiger partial charge in [0.15, 0.2) is 0 Å². The molecule has 0 fully saturated rings. The lowest BCUT2D eigenvalue weighted by molar-refractivity contribution is 0.0656. The average molecular weight is 485 g/mol. The summed E-state index contributed by atoms with van der Waals surface area (Å²) >= 11 is 1.38. The Kier molecular flexibility index (Phi) is 6.08. The van der Waals surface area contributed by atoms with Crippen LogP contribution in [0.1, 0.15) is 53.9 Å². The van der Waals surface area contributed by atoms with Crippen molar-refractivity contribution in [3.63, 3.8) is 0 Å². The molecule has 0 saturated carbocycles. The first-order valence-electron chi connectivity index (χ1n) is 11.3. The van der Waals surface area contributed by atoms with Crippen molar-refractivity contribution < 1.29 is 9.59 Å². The average Bonchev–Trinajstić information content (AvgIpc) is 3.38. The monoisotopic (exact) mass is 484 g/mol. The molecule has 0 radical (unpaired) electrons. The van der Waals surface area contributed by atoms with Crippen molar-refractivity contribution in [3.8, 4) is 0 Å². The van der Waals surface area contributed by atoms with E-state index in [9.17, 15) is 9.59 Å². The minimum absolute atomic E-state index is 0.255. The zero-order valence-electron chi connectivity index (χ0n) is 19.7. The van der Waals surface area contributed by atoms with Gasteiger partial charge in [0.2, 0.25) is 5.13 Å². The molecule has 2 aromatic carbocycles. The zero-order chi connectivity index (χ0) is 24.5. The van der Waals surface area contributed by atoms with E-state index in [1.165, 1.54) is 27.4 Å². The number of aromatic nitrogens is 4. The van der Waals surface area contributed by atoms with Gasteiger partial charge in [-0.1, -0.05) is 53.3 Å². The number of imide groups is 1. The number of carbonyl (C=O) groups is 2. The number of fused-ring (bicyclic) bond motifs is 1. The molecule has 1 aliphatic heterocycles. The van der Waals surface area contributed by atoms with Crippen LogP contribution in [-0.2, 0) is 12.8 Å². The van der Waals surface area contributed by atoms with Crippen molar-refractivity contribution in [2.45, 2.75) is 33.6 Å². The molecule has 2 amide bonds. The Morgan fingerprint density at radius 2 is 1.57 bits per heavy atom. The summed E-state index contributed by atoms with van der Waals surface area (Å²) in [6.07, 6.45) is 1.13. The standard InChI is InChI=1S/C26H24N6O2S/c1-15-8-10-18(11-9-15)14-21-16(2)27-17(3)28-23(21)29-26-31-30-22(35-26)12-13-32-24(33)19-6-4-5-7-20(19)25(32)34/h4-11H,12-14H2,1-3H3,(H,27,28,29,31). The summed E-state index contributed by atoms with van der Waals surface area (Å²) in [7, 11) is 0. The number of amides is 2. The maximum absolute atomic E-state index is 12.6. The van der Waals surface area contributed by atoms with Crippen molar-refractivity contribution >= 4 is 34.1 Å². The van der Waals surface area contributed by atoms with Gasteiger partial charge in [-0.15, -0.1) is 10.2 Å². The van der Waals surface area contributed by atoms with E-state index < -0.39 is 0 Å². The van der Waals surface area contributed by atoms with Crippen molar-refractivity contribution in [1.82, 2.24) is 25.1 Å². The van der Waals surface area contributed by atoms with E-state index >= 15 is 0 Å². The van der Waals surface area contributed by atoms with Gasteiger partial charge in [0.1, 0.15) is 16.6 Å². The number of nitrogens with zero attached hydrogens (tertiary/aromatic N) is 5. The Labute approximate surface area is 207 Å². The molecule has 1 N–H and O–H groups in total. The summed E-state index contributed by atoms with van der Waals surface area (Å²) in [5, 5.41) is 13.2. The molecular formula is C26H24N6O2S. The van der Waals surface area contributed by atoms with Gasteiger partial charge in [-0.2, -0.15) is 0 Å². The van der Waals surface area contributed by atoms with E-state index in [1.54, 1.807) is 24.3 Å². The minimum Gasteiger partial charge on any atom is -0.314 e. The summed E-state index contributed by atoms with van der Waals surface area (Å²) in [6, 6.07) is 15.3. The fraction of sp³-hybridized carbons (Fsp3) is 0.231. The van der Waals surface area contributed by atoms with Crippen molar-refractivity contribution in [3.05, 3.63) is 92.9 Å². The Hall–Kier alpha value is -3.98. The molecule has 2 aromatic heterocycles. The van der Waals surface area contributed by atoms with Gasteiger partial charge < -0.3 is 5.32 Å². The molecular weight excluding hydrogens is 460 g/mol. The number of anilines is 2. The highest BCUT2D eigenvalue weighted by molar-refractivity contribution is 7.15. The minimum atomic E-state index is -0.263. The van der Waals surface area contributed by atoms with Gasteiger partial charge >= 0.3 is 0 Å². The molecule has 3 heterocycles. The molecule has 0 bridgehead atoms. The number of aryl methyl sites for hydroxylation is 3. The molecule has 9 heteroatoms. The molecule has 0 aliphatic carbocycles. The van der Waals surface area contributed by atoms with Crippen LogP contribution < -0.4 is 5.32 Å². The highest BCUT2D eigenvalue weighted by atomic mass is 32.1. The number of benzene rings is 2. The molecule has 0 saturated heterocycles. The van der Waals surface area contributed by atoms with Gasteiger partial charge in [-0.3, -0.25) is 14.5 Å². The van der Waals surface area contributed by atoms with E-state index in [1.807, 2.05) is 13.8 Å². The Morgan fingerprint density at radius 1 is 0.886 bits per heavy atom. The van der Waals surface area contributed by atoms with Crippen molar-refractivity contribution in [1.29, 1.82) is 0 Å². The largest absolute Gasteiger partial charge is 0.314 e. The van der Waals surface area contributed by atoms with Gasteiger partial charge in [0.05, 0.1) is 11.1 Å². The third kappa shape index (κ3) is 4.67. The number of rotatable bonds is 7. The third-order valence-corrected chi connectivity index (χ3v) is 6.85. The summed E-state index contributed by atoms with van der Waals surface area (Å²) < 4.78 is 0. The van der Waals surface area contributed by atoms with Crippen LogP contribution in [0, 0.1) is 20.8 Å². The van der Waals surface area contributed by atoms with Gasteiger partial charge in [0.25, 0.3) is 11.8 Å². The first-order valence-corrected chi connectivity index (χ1v) is 12.1. The normalized spacial score (nSPS) is 12.8. The van der Waals surface area contributed by atoms with Crippen LogP contribution in [0.2, 0.25) is 0 Å². The van der Waals surface area contributed by atoms with Gasteiger partial charge in [-0.25, -0.2) is 9.97 Å². The lowest BCUT2D eigenvalue weighted by Gasteiger charge is -2.13. The second-order valence-electron chi connectivity index (χ2n) is 8.53. The molecule has 35 heavy (non-hydrogen) atoms. The van der Waals surface area contributed by atoms with Crippen LogP contribution in [0.15, 0.2) is 48.5 Å². The Balaban J connectivity index is 1.30. The van der Waals surface area contributed by atoms with E-state index in [4.69, 9.17) is 0 Å².